The van der Waals surface area contributed by atoms with Crippen molar-refractivity contribution in [1.29, 1.82) is 0 Å². The summed E-state index contributed by atoms with van der Waals surface area (Å²) in [7, 11) is 0. The zero-order chi connectivity index (χ0) is 22.8. The van der Waals surface area contributed by atoms with Crippen molar-refractivity contribution in [2.24, 2.45) is 5.10 Å². The van der Waals surface area contributed by atoms with Gasteiger partial charge in [-0.05, 0) is 35.4 Å². The number of benzene rings is 3. The van der Waals surface area contributed by atoms with E-state index in [4.69, 9.17) is 5.73 Å². The second kappa shape index (κ2) is 8.51. The Balaban J connectivity index is 1.60. The molecule has 0 atom stereocenters. The van der Waals surface area contributed by atoms with E-state index in [1.54, 1.807) is 12.1 Å². The molecule has 0 spiro atoms. The molecule has 0 saturated heterocycles. The number of hydrogen-bond donors (Lipinski definition) is 2. The SMILES string of the molecule is Nc1c(C(=O)NCc2ccccc2)c2nc3ccccc3nc2n1/N=C\c1ccc(F)cc1. The van der Waals surface area contributed by atoms with Crippen molar-refractivity contribution in [2.75, 3.05) is 5.73 Å². The summed E-state index contributed by atoms with van der Waals surface area (Å²) in [6.07, 6.45) is 1.53. The number of carbonyl (C=O) groups is 1. The van der Waals surface area contributed by atoms with Crippen LogP contribution in [-0.4, -0.2) is 26.8 Å². The van der Waals surface area contributed by atoms with Crippen molar-refractivity contribution in [3.05, 3.63) is 101 Å². The Bertz CT molecular complexity index is 1490. The van der Waals surface area contributed by atoms with Crippen LogP contribution in [-0.2, 0) is 6.54 Å². The molecule has 0 aliphatic rings. The molecule has 3 aromatic carbocycles. The van der Waals surface area contributed by atoms with Gasteiger partial charge in [-0.2, -0.15) is 9.78 Å². The lowest BCUT2D eigenvalue weighted by molar-refractivity contribution is 0.0953. The number of aromatic nitrogens is 3. The number of amides is 1. The molecule has 33 heavy (non-hydrogen) atoms. The normalized spacial score (nSPS) is 11.4. The van der Waals surface area contributed by atoms with E-state index in [9.17, 15) is 9.18 Å². The molecule has 1 amide bonds. The van der Waals surface area contributed by atoms with Crippen LogP contribution < -0.4 is 11.1 Å². The fourth-order valence-corrected chi connectivity index (χ4v) is 3.53. The Hall–Kier alpha value is -4.59. The van der Waals surface area contributed by atoms with E-state index in [2.05, 4.69) is 20.4 Å². The second-order valence-corrected chi connectivity index (χ2v) is 7.42. The van der Waals surface area contributed by atoms with Crippen LogP contribution in [0.2, 0.25) is 0 Å². The van der Waals surface area contributed by atoms with Crippen molar-refractivity contribution >= 4 is 40.1 Å². The predicted molar refractivity (Wildman–Crippen MR) is 126 cm³/mol. The molecule has 0 saturated carbocycles. The molecular weight excluding hydrogens is 419 g/mol. The Kier molecular flexibility index (Phi) is 5.24. The first-order valence-electron chi connectivity index (χ1n) is 10.3. The van der Waals surface area contributed by atoms with Crippen LogP contribution in [0.4, 0.5) is 10.2 Å². The molecule has 0 unspecified atom stereocenters. The molecule has 162 valence electrons. The third-order valence-corrected chi connectivity index (χ3v) is 5.19. The fourth-order valence-electron chi connectivity index (χ4n) is 3.53. The summed E-state index contributed by atoms with van der Waals surface area (Å²) >= 11 is 0. The lowest BCUT2D eigenvalue weighted by Gasteiger charge is -2.05. The van der Waals surface area contributed by atoms with Gasteiger partial charge >= 0.3 is 0 Å². The summed E-state index contributed by atoms with van der Waals surface area (Å²) in [5, 5.41) is 7.32. The van der Waals surface area contributed by atoms with E-state index < -0.39 is 0 Å². The van der Waals surface area contributed by atoms with Crippen molar-refractivity contribution in [2.45, 2.75) is 6.54 Å². The van der Waals surface area contributed by atoms with Crippen molar-refractivity contribution in [3.63, 3.8) is 0 Å². The topological polar surface area (TPSA) is 98.2 Å². The number of halogens is 1. The lowest BCUT2D eigenvalue weighted by atomic mass is 10.2. The van der Waals surface area contributed by atoms with E-state index in [1.807, 2.05) is 54.6 Å². The van der Waals surface area contributed by atoms with Gasteiger partial charge in [-0.1, -0.05) is 54.6 Å². The van der Waals surface area contributed by atoms with Gasteiger partial charge in [-0.25, -0.2) is 14.4 Å². The van der Waals surface area contributed by atoms with Crippen LogP contribution in [0.1, 0.15) is 21.5 Å². The van der Waals surface area contributed by atoms with Gasteiger partial charge in [-0.15, -0.1) is 0 Å². The van der Waals surface area contributed by atoms with Gasteiger partial charge < -0.3 is 11.1 Å². The maximum absolute atomic E-state index is 13.2. The lowest BCUT2D eigenvalue weighted by Crippen LogP contribution is -2.23. The number of nitrogens with two attached hydrogens (primary N) is 1. The van der Waals surface area contributed by atoms with Crippen LogP contribution in [0.15, 0.2) is 84.0 Å². The number of nitrogens with zero attached hydrogens (tertiary/aromatic N) is 4. The number of para-hydroxylation sites is 2. The van der Waals surface area contributed by atoms with Gasteiger partial charge in [0, 0.05) is 6.54 Å². The molecule has 0 fully saturated rings. The summed E-state index contributed by atoms with van der Waals surface area (Å²) in [6.45, 7) is 0.339. The van der Waals surface area contributed by atoms with Crippen LogP contribution >= 0.6 is 0 Å². The number of nitrogen functional groups attached to an aromatic ring is 1. The van der Waals surface area contributed by atoms with Crippen LogP contribution in [0.5, 0.6) is 0 Å². The van der Waals surface area contributed by atoms with Crippen molar-refractivity contribution < 1.29 is 9.18 Å². The molecule has 5 aromatic rings. The van der Waals surface area contributed by atoms with E-state index in [0.29, 0.717) is 34.3 Å². The van der Waals surface area contributed by atoms with E-state index in [0.717, 1.165) is 5.56 Å². The molecule has 8 heteroatoms. The molecular formula is C25H19FN6O. The molecule has 0 radical (unpaired) electrons. The Morgan fingerprint density at radius 2 is 1.64 bits per heavy atom. The summed E-state index contributed by atoms with van der Waals surface area (Å²) in [4.78, 5) is 22.5. The summed E-state index contributed by atoms with van der Waals surface area (Å²) < 4.78 is 14.6. The van der Waals surface area contributed by atoms with Gasteiger partial charge in [0.2, 0.25) is 0 Å². The fraction of sp³-hybridized carbons (Fsp3) is 0.0400. The van der Waals surface area contributed by atoms with E-state index >= 15 is 0 Å². The Labute approximate surface area is 188 Å². The Morgan fingerprint density at radius 1 is 0.970 bits per heavy atom. The molecule has 2 aromatic heterocycles. The maximum Gasteiger partial charge on any atom is 0.257 e. The summed E-state index contributed by atoms with van der Waals surface area (Å²) in [6, 6.07) is 22.8. The van der Waals surface area contributed by atoms with Crippen molar-refractivity contribution in [1.82, 2.24) is 20.0 Å². The molecule has 5 rings (SSSR count). The minimum absolute atomic E-state index is 0.115. The zero-order valence-electron chi connectivity index (χ0n) is 17.4. The third-order valence-electron chi connectivity index (χ3n) is 5.19. The molecule has 0 bridgehead atoms. The van der Waals surface area contributed by atoms with Crippen LogP contribution in [0.3, 0.4) is 0 Å². The standard InChI is InChI=1S/C25H19FN6O/c26-18-12-10-17(11-13-18)15-29-32-23(27)21(25(33)28-14-16-6-2-1-3-7-16)22-24(32)31-20-9-5-4-8-19(20)30-22/h1-13,15H,14,27H2,(H,28,33)/b29-15-. The Morgan fingerprint density at radius 3 is 2.36 bits per heavy atom. The molecule has 2 heterocycles. The average Bonchev–Trinajstić information content (AvgIpc) is 3.11. The average molecular weight is 438 g/mol. The quantitative estimate of drug-likeness (QED) is 0.403. The number of anilines is 1. The maximum atomic E-state index is 13.2. The van der Waals surface area contributed by atoms with E-state index in [1.165, 1.54) is 23.0 Å². The van der Waals surface area contributed by atoms with Crippen LogP contribution in [0, 0.1) is 5.82 Å². The highest BCUT2D eigenvalue weighted by molar-refractivity contribution is 6.10. The smallest absolute Gasteiger partial charge is 0.257 e. The first-order valence-corrected chi connectivity index (χ1v) is 10.3. The number of nitrogens with one attached hydrogen (secondary N) is 1. The minimum Gasteiger partial charge on any atom is -0.383 e. The number of hydrogen-bond acceptors (Lipinski definition) is 5. The first-order chi connectivity index (χ1) is 16.1. The van der Waals surface area contributed by atoms with Gasteiger partial charge in [0.15, 0.2) is 5.65 Å². The summed E-state index contributed by atoms with van der Waals surface area (Å²) in [5.41, 5.74) is 10.2. The van der Waals surface area contributed by atoms with Gasteiger partial charge in [0.25, 0.3) is 5.91 Å². The summed E-state index contributed by atoms with van der Waals surface area (Å²) in [5.74, 6) is -0.598. The zero-order valence-corrected chi connectivity index (χ0v) is 17.4. The highest BCUT2D eigenvalue weighted by Gasteiger charge is 2.24. The molecule has 7 nitrogen and oxygen atoms in total. The monoisotopic (exact) mass is 438 g/mol. The van der Waals surface area contributed by atoms with Gasteiger partial charge in [-0.3, -0.25) is 4.79 Å². The highest BCUT2D eigenvalue weighted by atomic mass is 19.1. The van der Waals surface area contributed by atoms with Gasteiger partial charge in [0.05, 0.1) is 17.2 Å². The minimum atomic E-state index is -0.373. The molecule has 3 N–H and O–H groups in total. The second-order valence-electron chi connectivity index (χ2n) is 7.42. The number of rotatable bonds is 5. The number of carbonyl (C=O) groups excluding carboxylic acids is 1. The molecule has 0 aliphatic carbocycles. The van der Waals surface area contributed by atoms with E-state index in [-0.39, 0.29) is 23.1 Å². The first kappa shape index (κ1) is 20.3. The predicted octanol–water partition coefficient (Wildman–Crippen LogP) is 4.12. The third kappa shape index (κ3) is 4.01. The van der Waals surface area contributed by atoms with Crippen LogP contribution in [0.25, 0.3) is 22.2 Å². The van der Waals surface area contributed by atoms with Gasteiger partial charge in [0.1, 0.15) is 22.7 Å². The molecule has 0 aliphatic heterocycles. The highest BCUT2D eigenvalue weighted by Crippen LogP contribution is 2.28. The number of fused-ring (bicyclic) bond motifs is 2. The van der Waals surface area contributed by atoms with Crippen molar-refractivity contribution in [3.8, 4) is 0 Å². The largest absolute Gasteiger partial charge is 0.383 e.